The highest BCUT2D eigenvalue weighted by Crippen LogP contribution is 2.28. The van der Waals surface area contributed by atoms with E-state index >= 15 is 0 Å². The fraction of sp³-hybridized carbons (Fsp3) is 0.250. The van der Waals surface area contributed by atoms with Gasteiger partial charge >= 0.3 is 0 Å². The molecule has 3 heterocycles. The SMILES string of the molecule is Clc1ncnc2[nH]c(-c3ccc(N4CCCC4)cc3)cc12. The molecule has 0 unspecified atom stereocenters. The number of hydrogen-bond acceptors (Lipinski definition) is 3. The van der Waals surface area contributed by atoms with Gasteiger partial charge in [-0.15, -0.1) is 0 Å². The van der Waals surface area contributed by atoms with Crippen LogP contribution in [0.15, 0.2) is 36.7 Å². The minimum Gasteiger partial charge on any atom is -0.372 e. The molecule has 1 aromatic carbocycles. The average Bonchev–Trinajstić information content (AvgIpc) is 3.18. The summed E-state index contributed by atoms with van der Waals surface area (Å²) in [6.07, 6.45) is 4.06. The first-order chi connectivity index (χ1) is 10.3. The van der Waals surface area contributed by atoms with Crippen LogP contribution in [0.5, 0.6) is 0 Å². The Balaban J connectivity index is 1.69. The lowest BCUT2D eigenvalue weighted by atomic mass is 10.1. The number of aromatic nitrogens is 3. The van der Waals surface area contributed by atoms with Gasteiger partial charge in [0.25, 0.3) is 0 Å². The minimum absolute atomic E-state index is 0.483. The van der Waals surface area contributed by atoms with E-state index < -0.39 is 0 Å². The van der Waals surface area contributed by atoms with Crippen molar-refractivity contribution in [2.75, 3.05) is 18.0 Å². The molecule has 0 radical (unpaired) electrons. The molecule has 5 heteroatoms. The molecule has 4 rings (SSSR count). The predicted octanol–water partition coefficient (Wildman–Crippen LogP) is 3.88. The fourth-order valence-electron chi connectivity index (χ4n) is 2.89. The summed E-state index contributed by atoms with van der Waals surface area (Å²) < 4.78 is 0. The van der Waals surface area contributed by atoms with Gasteiger partial charge in [0.05, 0.1) is 5.39 Å². The van der Waals surface area contributed by atoms with E-state index in [1.54, 1.807) is 0 Å². The molecule has 0 spiro atoms. The third-order valence-corrected chi connectivity index (χ3v) is 4.33. The molecule has 4 nitrogen and oxygen atoms in total. The van der Waals surface area contributed by atoms with E-state index in [-0.39, 0.29) is 0 Å². The summed E-state index contributed by atoms with van der Waals surface area (Å²) >= 11 is 6.09. The van der Waals surface area contributed by atoms with Crippen molar-refractivity contribution < 1.29 is 0 Å². The van der Waals surface area contributed by atoms with Gasteiger partial charge in [0.1, 0.15) is 17.1 Å². The highest BCUT2D eigenvalue weighted by atomic mass is 35.5. The molecule has 1 aliphatic rings. The highest BCUT2D eigenvalue weighted by Gasteiger charge is 2.13. The van der Waals surface area contributed by atoms with Gasteiger partial charge in [-0.3, -0.25) is 0 Å². The van der Waals surface area contributed by atoms with Crippen LogP contribution in [0.4, 0.5) is 5.69 Å². The van der Waals surface area contributed by atoms with E-state index in [0.717, 1.165) is 35.4 Å². The molecule has 0 atom stereocenters. The van der Waals surface area contributed by atoms with Gasteiger partial charge in [0, 0.05) is 24.5 Å². The van der Waals surface area contributed by atoms with Crippen LogP contribution < -0.4 is 4.90 Å². The summed E-state index contributed by atoms with van der Waals surface area (Å²) in [5.74, 6) is 0. The number of halogens is 1. The number of aromatic amines is 1. The summed E-state index contributed by atoms with van der Waals surface area (Å²) in [4.78, 5) is 13.9. The van der Waals surface area contributed by atoms with E-state index in [1.165, 1.54) is 24.9 Å². The van der Waals surface area contributed by atoms with Crippen molar-refractivity contribution in [3.63, 3.8) is 0 Å². The van der Waals surface area contributed by atoms with E-state index in [4.69, 9.17) is 11.6 Å². The second-order valence-corrected chi connectivity index (χ2v) is 5.71. The van der Waals surface area contributed by atoms with Crippen molar-refractivity contribution in [2.24, 2.45) is 0 Å². The molecule has 1 N–H and O–H groups in total. The summed E-state index contributed by atoms with van der Waals surface area (Å²) in [5.41, 5.74) is 4.21. The van der Waals surface area contributed by atoms with E-state index in [1.807, 2.05) is 6.07 Å². The topological polar surface area (TPSA) is 44.8 Å². The van der Waals surface area contributed by atoms with Crippen LogP contribution in [0.2, 0.25) is 5.15 Å². The van der Waals surface area contributed by atoms with Crippen LogP contribution in [0.25, 0.3) is 22.3 Å². The Kier molecular flexibility index (Phi) is 3.04. The number of nitrogens with zero attached hydrogens (tertiary/aromatic N) is 3. The van der Waals surface area contributed by atoms with Crippen LogP contribution in [0.3, 0.4) is 0 Å². The zero-order chi connectivity index (χ0) is 14.2. The van der Waals surface area contributed by atoms with Crippen molar-refractivity contribution in [1.29, 1.82) is 0 Å². The third kappa shape index (κ3) is 2.25. The second kappa shape index (κ2) is 5.04. The van der Waals surface area contributed by atoms with Gasteiger partial charge in [-0.1, -0.05) is 23.7 Å². The summed E-state index contributed by atoms with van der Waals surface area (Å²) in [6, 6.07) is 10.6. The summed E-state index contributed by atoms with van der Waals surface area (Å²) in [5, 5.41) is 1.34. The predicted molar refractivity (Wildman–Crippen MR) is 85.8 cm³/mol. The Bertz CT molecular complexity index is 773. The number of anilines is 1. The Morgan fingerprint density at radius 2 is 1.81 bits per heavy atom. The van der Waals surface area contributed by atoms with Crippen molar-refractivity contribution in [3.05, 3.63) is 41.8 Å². The first kappa shape index (κ1) is 12.7. The molecule has 2 aromatic heterocycles. The quantitative estimate of drug-likeness (QED) is 0.730. The fourth-order valence-corrected chi connectivity index (χ4v) is 3.08. The Hall–Kier alpha value is -2.07. The third-order valence-electron chi connectivity index (χ3n) is 4.03. The molecule has 0 bridgehead atoms. The molecule has 3 aromatic rings. The normalized spacial score (nSPS) is 15.0. The number of benzene rings is 1. The lowest BCUT2D eigenvalue weighted by Crippen LogP contribution is -2.17. The van der Waals surface area contributed by atoms with Gasteiger partial charge < -0.3 is 9.88 Å². The molecule has 0 amide bonds. The maximum atomic E-state index is 6.09. The lowest BCUT2D eigenvalue weighted by Gasteiger charge is -2.17. The van der Waals surface area contributed by atoms with Crippen LogP contribution in [-0.4, -0.2) is 28.0 Å². The van der Waals surface area contributed by atoms with Crippen LogP contribution in [0, 0.1) is 0 Å². The molecule has 1 fully saturated rings. The van der Waals surface area contributed by atoms with Gasteiger partial charge in [0.2, 0.25) is 0 Å². The maximum Gasteiger partial charge on any atom is 0.142 e. The Morgan fingerprint density at radius 1 is 1.05 bits per heavy atom. The highest BCUT2D eigenvalue weighted by molar-refractivity contribution is 6.34. The molecule has 0 saturated carbocycles. The largest absolute Gasteiger partial charge is 0.372 e. The van der Waals surface area contributed by atoms with Crippen LogP contribution in [0.1, 0.15) is 12.8 Å². The average molecular weight is 299 g/mol. The van der Waals surface area contributed by atoms with Crippen molar-refractivity contribution in [2.45, 2.75) is 12.8 Å². The monoisotopic (exact) mass is 298 g/mol. The van der Waals surface area contributed by atoms with Gasteiger partial charge in [0.15, 0.2) is 0 Å². The van der Waals surface area contributed by atoms with E-state index in [0.29, 0.717) is 5.15 Å². The molecular formula is C16H15ClN4. The van der Waals surface area contributed by atoms with Crippen LogP contribution in [-0.2, 0) is 0 Å². The van der Waals surface area contributed by atoms with Crippen molar-refractivity contribution in [1.82, 2.24) is 15.0 Å². The first-order valence-electron chi connectivity index (χ1n) is 7.16. The Labute approximate surface area is 127 Å². The number of H-pyrrole nitrogens is 1. The lowest BCUT2D eigenvalue weighted by molar-refractivity contribution is 0.949. The van der Waals surface area contributed by atoms with Gasteiger partial charge in [-0.05, 0) is 36.6 Å². The molecule has 21 heavy (non-hydrogen) atoms. The van der Waals surface area contributed by atoms with Crippen molar-refractivity contribution >= 4 is 28.3 Å². The summed E-state index contributed by atoms with van der Waals surface area (Å²) in [6.45, 7) is 2.33. The van der Waals surface area contributed by atoms with E-state index in [2.05, 4.69) is 44.1 Å². The summed E-state index contributed by atoms with van der Waals surface area (Å²) in [7, 11) is 0. The second-order valence-electron chi connectivity index (χ2n) is 5.35. The number of hydrogen-bond donors (Lipinski definition) is 1. The standard InChI is InChI=1S/C16H15ClN4/c17-15-13-9-14(20-16(13)19-10-18-15)11-3-5-12(6-4-11)21-7-1-2-8-21/h3-6,9-10H,1-2,7-8H2,(H,18,19,20). The molecule has 0 aliphatic carbocycles. The van der Waals surface area contributed by atoms with Gasteiger partial charge in [-0.25, -0.2) is 9.97 Å². The molecule has 1 saturated heterocycles. The zero-order valence-electron chi connectivity index (χ0n) is 11.5. The van der Waals surface area contributed by atoms with E-state index in [9.17, 15) is 0 Å². The zero-order valence-corrected chi connectivity index (χ0v) is 12.3. The smallest absolute Gasteiger partial charge is 0.142 e. The van der Waals surface area contributed by atoms with Crippen molar-refractivity contribution in [3.8, 4) is 11.3 Å². The minimum atomic E-state index is 0.483. The maximum absolute atomic E-state index is 6.09. The Morgan fingerprint density at radius 3 is 2.52 bits per heavy atom. The van der Waals surface area contributed by atoms with Crippen LogP contribution >= 0.6 is 11.6 Å². The first-order valence-corrected chi connectivity index (χ1v) is 7.54. The number of rotatable bonds is 2. The number of nitrogens with one attached hydrogen (secondary N) is 1. The molecule has 106 valence electrons. The molecule has 1 aliphatic heterocycles. The van der Waals surface area contributed by atoms with Gasteiger partial charge in [-0.2, -0.15) is 0 Å². The number of fused-ring (bicyclic) bond motifs is 1. The molecular weight excluding hydrogens is 284 g/mol.